The second kappa shape index (κ2) is 9.92. The van der Waals surface area contributed by atoms with E-state index in [4.69, 9.17) is 4.74 Å². The molecule has 0 bridgehead atoms. The van der Waals surface area contributed by atoms with Gasteiger partial charge in [0.1, 0.15) is 5.75 Å². The minimum absolute atomic E-state index is 0.0374. The van der Waals surface area contributed by atoms with Crippen LogP contribution in [0.5, 0.6) is 5.75 Å². The second-order valence-corrected chi connectivity index (χ2v) is 8.45. The molecule has 1 saturated heterocycles. The Bertz CT molecular complexity index is 859. The van der Waals surface area contributed by atoms with Crippen molar-refractivity contribution in [2.24, 2.45) is 5.92 Å². The van der Waals surface area contributed by atoms with Gasteiger partial charge >= 0.3 is 0 Å². The van der Waals surface area contributed by atoms with E-state index in [0.29, 0.717) is 32.0 Å². The minimum atomic E-state index is 0.0374. The van der Waals surface area contributed by atoms with E-state index >= 15 is 0 Å². The maximum absolute atomic E-state index is 12.6. The quantitative estimate of drug-likeness (QED) is 0.700. The Morgan fingerprint density at radius 3 is 2.48 bits per heavy atom. The highest BCUT2D eigenvalue weighted by Crippen LogP contribution is 2.24. The summed E-state index contributed by atoms with van der Waals surface area (Å²) >= 11 is 3.45. The SMILES string of the molecule is COc1ccc(Br)cc1CNC(=O)CC1CCN(C(=O)c2ccc(C)cc2)CC1. The summed E-state index contributed by atoms with van der Waals surface area (Å²) in [6.45, 7) is 3.85. The molecule has 2 aromatic rings. The number of likely N-dealkylation sites (tertiary alicyclic amines) is 1. The van der Waals surface area contributed by atoms with Crippen molar-refractivity contribution in [3.8, 4) is 5.75 Å². The Balaban J connectivity index is 1.45. The van der Waals surface area contributed by atoms with Gasteiger partial charge in [0.05, 0.1) is 7.11 Å². The Morgan fingerprint density at radius 1 is 1.14 bits per heavy atom. The highest BCUT2D eigenvalue weighted by Gasteiger charge is 2.25. The van der Waals surface area contributed by atoms with Gasteiger partial charge in [-0.1, -0.05) is 33.6 Å². The minimum Gasteiger partial charge on any atom is -0.496 e. The van der Waals surface area contributed by atoms with Crippen LogP contribution in [0.4, 0.5) is 0 Å². The molecule has 0 radical (unpaired) electrons. The summed E-state index contributed by atoms with van der Waals surface area (Å²) < 4.78 is 6.30. The molecule has 3 rings (SSSR count). The zero-order valence-electron chi connectivity index (χ0n) is 16.9. The largest absolute Gasteiger partial charge is 0.496 e. The molecule has 2 amide bonds. The van der Waals surface area contributed by atoms with Gasteiger partial charge in [0.25, 0.3) is 5.91 Å². The number of halogens is 1. The zero-order chi connectivity index (χ0) is 20.8. The molecular formula is C23H27BrN2O3. The summed E-state index contributed by atoms with van der Waals surface area (Å²) in [4.78, 5) is 26.9. The first-order chi connectivity index (χ1) is 14.0. The number of ether oxygens (including phenoxy) is 1. The Hall–Kier alpha value is -2.34. The van der Waals surface area contributed by atoms with Crippen molar-refractivity contribution in [3.05, 3.63) is 63.6 Å². The fraction of sp³-hybridized carbons (Fsp3) is 0.391. The van der Waals surface area contributed by atoms with E-state index in [2.05, 4.69) is 21.2 Å². The third-order valence-electron chi connectivity index (χ3n) is 5.39. The lowest BCUT2D eigenvalue weighted by Crippen LogP contribution is -2.39. The maximum atomic E-state index is 12.6. The van der Waals surface area contributed by atoms with Crippen molar-refractivity contribution < 1.29 is 14.3 Å². The topological polar surface area (TPSA) is 58.6 Å². The van der Waals surface area contributed by atoms with Crippen LogP contribution in [-0.2, 0) is 11.3 Å². The average Bonchev–Trinajstić information content (AvgIpc) is 2.73. The summed E-state index contributed by atoms with van der Waals surface area (Å²) in [5.41, 5.74) is 2.82. The number of hydrogen-bond acceptors (Lipinski definition) is 3. The third kappa shape index (κ3) is 5.82. The fourth-order valence-electron chi connectivity index (χ4n) is 3.63. The van der Waals surface area contributed by atoms with Crippen LogP contribution in [0, 0.1) is 12.8 Å². The summed E-state index contributed by atoms with van der Waals surface area (Å²) in [6, 6.07) is 13.4. The number of rotatable bonds is 6. The van der Waals surface area contributed by atoms with Crippen molar-refractivity contribution in [3.63, 3.8) is 0 Å². The predicted octanol–water partition coefficient (Wildman–Crippen LogP) is 4.32. The maximum Gasteiger partial charge on any atom is 0.253 e. The first kappa shape index (κ1) is 21.4. The molecule has 2 aromatic carbocycles. The van der Waals surface area contributed by atoms with Crippen LogP contribution < -0.4 is 10.1 Å². The number of hydrogen-bond donors (Lipinski definition) is 1. The van der Waals surface area contributed by atoms with Gasteiger partial charge in [0.2, 0.25) is 5.91 Å². The molecule has 1 aliphatic heterocycles. The number of amides is 2. The summed E-state index contributed by atoms with van der Waals surface area (Å²) in [7, 11) is 1.63. The summed E-state index contributed by atoms with van der Waals surface area (Å²) in [6.07, 6.45) is 2.19. The van der Waals surface area contributed by atoms with Crippen LogP contribution in [0.3, 0.4) is 0 Å². The van der Waals surface area contributed by atoms with E-state index in [1.807, 2.05) is 54.3 Å². The highest BCUT2D eigenvalue weighted by atomic mass is 79.9. The molecule has 5 nitrogen and oxygen atoms in total. The number of aryl methyl sites for hydroxylation is 1. The Kier molecular flexibility index (Phi) is 7.31. The molecule has 1 N–H and O–H groups in total. The van der Waals surface area contributed by atoms with Crippen molar-refractivity contribution in [1.29, 1.82) is 0 Å². The van der Waals surface area contributed by atoms with Gasteiger partial charge in [-0.05, 0) is 56.0 Å². The predicted molar refractivity (Wildman–Crippen MR) is 117 cm³/mol. The molecule has 1 heterocycles. The van der Waals surface area contributed by atoms with Crippen LogP contribution in [0.1, 0.15) is 40.7 Å². The number of benzene rings is 2. The lowest BCUT2D eigenvalue weighted by molar-refractivity contribution is -0.122. The van der Waals surface area contributed by atoms with Crippen LogP contribution >= 0.6 is 15.9 Å². The number of piperidine rings is 1. The zero-order valence-corrected chi connectivity index (χ0v) is 18.5. The molecule has 0 aliphatic carbocycles. The van der Waals surface area contributed by atoms with E-state index in [0.717, 1.165) is 39.8 Å². The first-order valence-corrected chi connectivity index (χ1v) is 10.7. The van der Waals surface area contributed by atoms with Crippen molar-refractivity contribution >= 4 is 27.7 Å². The van der Waals surface area contributed by atoms with Crippen molar-refractivity contribution in [1.82, 2.24) is 10.2 Å². The second-order valence-electron chi connectivity index (χ2n) is 7.54. The van der Waals surface area contributed by atoms with E-state index in [9.17, 15) is 9.59 Å². The number of nitrogens with one attached hydrogen (secondary N) is 1. The summed E-state index contributed by atoms with van der Waals surface area (Å²) in [5.74, 6) is 1.18. The number of carbonyl (C=O) groups excluding carboxylic acids is 2. The van der Waals surface area contributed by atoms with Crippen LogP contribution in [0.15, 0.2) is 46.9 Å². The van der Waals surface area contributed by atoms with Crippen LogP contribution in [0.25, 0.3) is 0 Å². The standard InChI is InChI=1S/C23H27BrN2O3/c1-16-3-5-18(6-4-16)23(28)26-11-9-17(10-12-26)13-22(27)25-15-19-14-20(24)7-8-21(19)29-2/h3-8,14,17H,9-13,15H2,1-2H3,(H,25,27). The normalized spacial score (nSPS) is 14.5. The molecular weight excluding hydrogens is 432 g/mol. The van der Waals surface area contributed by atoms with Gasteiger partial charge < -0.3 is 15.0 Å². The van der Waals surface area contributed by atoms with Gasteiger partial charge in [0, 0.05) is 41.7 Å². The molecule has 0 spiro atoms. The fourth-order valence-corrected chi connectivity index (χ4v) is 4.04. The average molecular weight is 459 g/mol. The van der Waals surface area contributed by atoms with Gasteiger partial charge in [-0.15, -0.1) is 0 Å². The summed E-state index contributed by atoms with van der Waals surface area (Å²) in [5, 5.41) is 2.99. The molecule has 29 heavy (non-hydrogen) atoms. The third-order valence-corrected chi connectivity index (χ3v) is 5.89. The van der Waals surface area contributed by atoms with E-state index in [1.54, 1.807) is 7.11 Å². The Morgan fingerprint density at radius 2 is 1.83 bits per heavy atom. The highest BCUT2D eigenvalue weighted by molar-refractivity contribution is 9.10. The Labute approximate surface area is 180 Å². The van der Waals surface area contributed by atoms with E-state index < -0.39 is 0 Å². The van der Waals surface area contributed by atoms with Gasteiger partial charge in [-0.2, -0.15) is 0 Å². The number of carbonyl (C=O) groups is 2. The lowest BCUT2D eigenvalue weighted by Gasteiger charge is -2.32. The van der Waals surface area contributed by atoms with Crippen LogP contribution in [-0.4, -0.2) is 36.9 Å². The molecule has 0 unspecified atom stereocenters. The van der Waals surface area contributed by atoms with Gasteiger partial charge in [-0.3, -0.25) is 9.59 Å². The monoisotopic (exact) mass is 458 g/mol. The smallest absolute Gasteiger partial charge is 0.253 e. The van der Waals surface area contributed by atoms with E-state index in [1.165, 1.54) is 0 Å². The molecule has 6 heteroatoms. The lowest BCUT2D eigenvalue weighted by atomic mass is 9.92. The molecule has 0 atom stereocenters. The molecule has 1 fully saturated rings. The van der Waals surface area contributed by atoms with Crippen LogP contribution in [0.2, 0.25) is 0 Å². The molecule has 0 saturated carbocycles. The molecule has 0 aromatic heterocycles. The van der Waals surface area contributed by atoms with E-state index in [-0.39, 0.29) is 11.8 Å². The molecule has 154 valence electrons. The first-order valence-electron chi connectivity index (χ1n) is 9.91. The van der Waals surface area contributed by atoms with Gasteiger partial charge in [-0.25, -0.2) is 0 Å². The van der Waals surface area contributed by atoms with Crippen molar-refractivity contribution in [2.45, 2.75) is 32.7 Å². The van der Waals surface area contributed by atoms with Crippen molar-refractivity contribution in [2.75, 3.05) is 20.2 Å². The number of methoxy groups -OCH3 is 1. The number of nitrogens with zero attached hydrogens (tertiary/aromatic N) is 1. The molecule has 1 aliphatic rings. The van der Waals surface area contributed by atoms with Gasteiger partial charge in [0.15, 0.2) is 0 Å².